The van der Waals surface area contributed by atoms with E-state index in [-0.39, 0.29) is 0 Å². The van der Waals surface area contributed by atoms with Crippen molar-refractivity contribution in [1.82, 2.24) is 5.32 Å². The van der Waals surface area contributed by atoms with Crippen molar-refractivity contribution in [3.05, 3.63) is 0 Å². The van der Waals surface area contributed by atoms with E-state index < -0.39 is 0 Å². The Bertz CT molecular complexity index is 293. The highest BCUT2D eigenvalue weighted by atomic mass is 16.5. The number of ether oxygens (including phenoxy) is 1. The van der Waals surface area contributed by atoms with Crippen LogP contribution in [0.3, 0.4) is 0 Å². The van der Waals surface area contributed by atoms with Gasteiger partial charge in [-0.3, -0.25) is 0 Å². The zero-order valence-corrected chi connectivity index (χ0v) is 14.7. The fourth-order valence-corrected chi connectivity index (χ4v) is 4.55. The summed E-state index contributed by atoms with van der Waals surface area (Å²) in [5, 5.41) is 3.77. The smallest absolute Gasteiger partial charge is 0.0757 e. The van der Waals surface area contributed by atoms with Crippen LogP contribution >= 0.6 is 0 Å². The van der Waals surface area contributed by atoms with Gasteiger partial charge in [-0.1, -0.05) is 47.0 Å². The predicted octanol–water partition coefficient (Wildman–Crippen LogP) is 4.77. The minimum absolute atomic E-state index is 0.438. The maximum atomic E-state index is 6.67. The molecular formula is C19H37NO. The van der Waals surface area contributed by atoms with E-state index >= 15 is 0 Å². The lowest BCUT2D eigenvalue weighted by molar-refractivity contribution is -0.0968. The van der Waals surface area contributed by atoms with Gasteiger partial charge in [0.15, 0.2) is 0 Å². The highest BCUT2D eigenvalue weighted by Crippen LogP contribution is 2.35. The molecule has 0 aromatic carbocycles. The molecule has 2 rings (SSSR count). The SMILES string of the molecule is CCCNC1CC(C)CC(C)C1OC1CCCC(CC)C1. The number of nitrogens with one attached hydrogen (secondary N) is 1. The second-order valence-corrected chi connectivity index (χ2v) is 7.78. The average molecular weight is 296 g/mol. The van der Waals surface area contributed by atoms with Gasteiger partial charge in [-0.2, -0.15) is 0 Å². The summed E-state index contributed by atoms with van der Waals surface area (Å²) >= 11 is 0. The summed E-state index contributed by atoms with van der Waals surface area (Å²) in [6.07, 6.45) is 11.5. The van der Waals surface area contributed by atoms with Crippen LogP contribution in [0.25, 0.3) is 0 Å². The van der Waals surface area contributed by atoms with E-state index in [0.717, 1.165) is 18.4 Å². The van der Waals surface area contributed by atoms with E-state index in [1.54, 1.807) is 0 Å². The molecule has 2 aliphatic rings. The average Bonchev–Trinajstić information content (AvgIpc) is 2.48. The van der Waals surface area contributed by atoms with Gasteiger partial charge in [-0.15, -0.1) is 0 Å². The molecule has 6 atom stereocenters. The van der Waals surface area contributed by atoms with Crippen LogP contribution in [-0.4, -0.2) is 24.8 Å². The van der Waals surface area contributed by atoms with Gasteiger partial charge in [0.25, 0.3) is 0 Å². The first-order chi connectivity index (χ1) is 10.1. The second-order valence-electron chi connectivity index (χ2n) is 7.78. The Hall–Kier alpha value is -0.0800. The Morgan fingerprint density at radius 1 is 1.05 bits per heavy atom. The fraction of sp³-hybridized carbons (Fsp3) is 1.00. The Morgan fingerprint density at radius 3 is 2.57 bits per heavy atom. The molecule has 0 aliphatic heterocycles. The van der Waals surface area contributed by atoms with Crippen LogP contribution in [0.2, 0.25) is 0 Å². The Labute approximate surface area is 132 Å². The third-order valence-corrected chi connectivity index (χ3v) is 5.71. The molecule has 0 aromatic heterocycles. The molecular weight excluding hydrogens is 258 g/mol. The van der Waals surface area contributed by atoms with Crippen LogP contribution in [0, 0.1) is 17.8 Å². The topological polar surface area (TPSA) is 21.3 Å². The lowest BCUT2D eigenvalue weighted by atomic mass is 9.77. The van der Waals surface area contributed by atoms with Crippen molar-refractivity contribution in [1.29, 1.82) is 0 Å². The summed E-state index contributed by atoms with van der Waals surface area (Å²) in [5.41, 5.74) is 0. The third-order valence-electron chi connectivity index (χ3n) is 5.71. The molecule has 21 heavy (non-hydrogen) atoms. The molecule has 0 bridgehead atoms. The molecule has 0 radical (unpaired) electrons. The van der Waals surface area contributed by atoms with Gasteiger partial charge in [0, 0.05) is 6.04 Å². The Balaban J connectivity index is 1.93. The van der Waals surface area contributed by atoms with E-state index in [9.17, 15) is 0 Å². The summed E-state index contributed by atoms with van der Waals surface area (Å²) in [6, 6.07) is 0.575. The maximum Gasteiger partial charge on any atom is 0.0757 e. The first-order valence-electron chi connectivity index (χ1n) is 9.52. The van der Waals surface area contributed by atoms with Gasteiger partial charge in [0.1, 0.15) is 0 Å². The van der Waals surface area contributed by atoms with Crippen LogP contribution in [0.1, 0.15) is 79.1 Å². The van der Waals surface area contributed by atoms with Crippen molar-refractivity contribution >= 4 is 0 Å². The van der Waals surface area contributed by atoms with Crippen molar-refractivity contribution in [2.45, 2.75) is 97.3 Å². The van der Waals surface area contributed by atoms with E-state index in [0.29, 0.717) is 24.2 Å². The first kappa shape index (κ1) is 17.3. The molecule has 2 fully saturated rings. The minimum Gasteiger partial charge on any atom is -0.373 e. The molecule has 0 heterocycles. The molecule has 2 aliphatic carbocycles. The third kappa shape index (κ3) is 4.96. The standard InChI is InChI=1S/C19H37NO/c1-5-10-20-18-12-14(3)11-15(4)19(18)21-17-9-7-8-16(6-2)13-17/h14-20H,5-13H2,1-4H3. The Morgan fingerprint density at radius 2 is 1.86 bits per heavy atom. The molecule has 2 nitrogen and oxygen atoms in total. The summed E-state index contributed by atoms with van der Waals surface area (Å²) in [4.78, 5) is 0. The quantitative estimate of drug-likeness (QED) is 0.762. The molecule has 1 N–H and O–H groups in total. The van der Waals surface area contributed by atoms with Crippen molar-refractivity contribution in [3.63, 3.8) is 0 Å². The molecule has 124 valence electrons. The number of hydrogen-bond donors (Lipinski definition) is 1. The van der Waals surface area contributed by atoms with E-state index in [4.69, 9.17) is 4.74 Å². The summed E-state index contributed by atoms with van der Waals surface area (Å²) in [5.74, 6) is 2.44. The van der Waals surface area contributed by atoms with Crippen molar-refractivity contribution in [3.8, 4) is 0 Å². The largest absolute Gasteiger partial charge is 0.373 e. The lowest BCUT2D eigenvalue weighted by Gasteiger charge is -2.43. The van der Waals surface area contributed by atoms with Gasteiger partial charge in [0.2, 0.25) is 0 Å². The summed E-state index contributed by atoms with van der Waals surface area (Å²) in [7, 11) is 0. The molecule has 2 heteroatoms. The molecule has 2 saturated carbocycles. The van der Waals surface area contributed by atoms with E-state index in [1.807, 2.05) is 0 Å². The second kappa shape index (κ2) is 8.53. The maximum absolute atomic E-state index is 6.67. The van der Waals surface area contributed by atoms with Crippen molar-refractivity contribution in [2.75, 3.05) is 6.54 Å². The first-order valence-corrected chi connectivity index (χ1v) is 9.52. The van der Waals surface area contributed by atoms with E-state index in [1.165, 1.54) is 51.4 Å². The van der Waals surface area contributed by atoms with Crippen LogP contribution in [0.5, 0.6) is 0 Å². The highest BCUT2D eigenvalue weighted by Gasteiger charge is 2.36. The van der Waals surface area contributed by atoms with Gasteiger partial charge >= 0.3 is 0 Å². The predicted molar refractivity (Wildman–Crippen MR) is 90.6 cm³/mol. The van der Waals surface area contributed by atoms with E-state index in [2.05, 4.69) is 33.0 Å². The van der Waals surface area contributed by atoms with Crippen LogP contribution in [0.4, 0.5) is 0 Å². The molecule has 0 saturated heterocycles. The van der Waals surface area contributed by atoms with Crippen molar-refractivity contribution in [2.24, 2.45) is 17.8 Å². The number of rotatable bonds is 6. The normalized spacial score (nSPS) is 41.1. The van der Waals surface area contributed by atoms with Crippen LogP contribution in [0.15, 0.2) is 0 Å². The molecule has 0 aromatic rings. The monoisotopic (exact) mass is 295 g/mol. The van der Waals surface area contributed by atoms with Gasteiger partial charge in [0.05, 0.1) is 12.2 Å². The van der Waals surface area contributed by atoms with Gasteiger partial charge in [-0.25, -0.2) is 0 Å². The summed E-state index contributed by atoms with van der Waals surface area (Å²) in [6.45, 7) is 10.5. The van der Waals surface area contributed by atoms with Gasteiger partial charge < -0.3 is 10.1 Å². The van der Waals surface area contributed by atoms with Crippen LogP contribution in [-0.2, 0) is 4.74 Å². The molecule has 6 unspecified atom stereocenters. The summed E-state index contributed by atoms with van der Waals surface area (Å²) < 4.78 is 6.67. The number of hydrogen-bond acceptors (Lipinski definition) is 2. The Kier molecular flexibility index (Phi) is 7.01. The zero-order chi connectivity index (χ0) is 15.2. The molecule has 0 spiro atoms. The molecule has 0 amide bonds. The fourth-order valence-electron chi connectivity index (χ4n) is 4.55. The van der Waals surface area contributed by atoms with Crippen LogP contribution < -0.4 is 5.32 Å². The highest BCUT2D eigenvalue weighted by molar-refractivity contribution is 4.90. The van der Waals surface area contributed by atoms with Gasteiger partial charge in [-0.05, 0) is 56.4 Å². The van der Waals surface area contributed by atoms with Crippen molar-refractivity contribution < 1.29 is 4.74 Å². The minimum atomic E-state index is 0.438. The zero-order valence-electron chi connectivity index (χ0n) is 14.7. The lowest BCUT2D eigenvalue weighted by Crippen LogP contribution is -2.51.